The first-order chi connectivity index (χ1) is 10.4. The number of rotatable bonds is 2. The van der Waals surface area contributed by atoms with Crippen LogP contribution in [0, 0.1) is 6.92 Å². The summed E-state index contributed by atoms with van der Waals surface area (Å²) in [6, 6.07) is 14.2. The van der Waals surface area contributed by atoms with Gasteiger partial charge in [0, 0.05) is 11.1 Å². The zero-order valence-corrected chi connectivity index (χ0v) is 11.7. The van der Waals surface area contributed by atoms with E-state index in [0.717, 1.165) is 17.7 Å². The SMILES string of the molecule is Cc1nc(-c2ccc(C(F)(F)F)cc2)oc1-c1ccccc1. The number of aryl methyl sites for hydroxylation is 1. The van der Waals surface area contributed by atoms with Gasteiger partial charge in [-0.25, -0.2) is 4.98 Å². The lowest BCUT2D eigenvalue weighted by Crippen LogP contribution is -2.03. The van der Waals surface area contributed by atoms with E-state index in [1.165, 1.54) is 12.1 Å². The third-order valence-corrected chi connectivity index (χ3v) is 3.29. The minimum absolute atomic E-state index is 0.310. The number of benzene rings is 2. The summed E-state index contributed by atoms with van der Waals surface area (Å²) in [4.78, 5) is 4.30. The molecule has 0 N–H and O–H groups in total. The molecule has 0 unspecified atom stereocenters. The third-order valence-electron chi connectivity index (χ3n) is 3.29. The van der Waals surface area contributed by atoms with Gasteiger partial charge >= 0.3 is 6.18 Å². The largest absolute Gasteiger partial charge is 0.436 e. The maximum Gasteiger partial charge on any atom is 0.416 e. The van der Waals surface area contributed by atoms with Crippen LogP contribution in [0.2, 0.25) is 0 Å². The van der Waals surface area contributed by atoms with Crippen molar-refractivity contribution in [3.05, 3.63) is 65.9 Å². The number of aromatic nitrogens is 1. The topological polar surface area (TPSA) is 26.0 Å². The lowest BCUT2D eigenvalue weighted by molar-refractivity contribution is -0.137. The monoisotopic (exact) mass is 303 g/mol. The Morgan fingerprint density at radius 3 is 2.09 bits per heavy atom. The van der Waals surface area contributed by atoms with Crippen LogP contribution in [-0.4, -0.2) is 4.98 Å². The minimum Gasteiger partial charge on any atom is -0.436 e. The van der Waals surface area contributed by atoms with Crippen LogP contribution in [0.15, 0.2) is 59.0 Å². The number of oxazole rings is 1. The predicted octanol–water partition coefficient (Wildman–Crippen LogP) is 5.34. The fourth-order valence-electron chi connectivity index (χ4n) is 2.18. The lowest BCUT2D eigenvalue weighted by Gasteiger charge is -2.06. The summed E-state index contributed by atoms with van der Waals surface area (Å²) in [7, 11) is 0. The van der Waals surface area contributed by atoms with E-state index in [0.29, 0.717) is 22.9 Å². The van der Waals surface area contributed by atoms with Crippen molar-refractivity contribution in [2.24, 2.45) is 0 Å². The van der Waals surface area contributed by atoms with Gasteiger partial charge in [-0.15, -0.1) is 0 Å². The average molecular weight is 303 g/mol. The molecule has 3 rings (SSSR count). The van der Waals surface area contributed by atoms with E-state index in [1.54, 1.807) is 6.92 Å². The van der Waals surface area contributed by atoms with Crippen molar-refractivity contribution in [1.29, 1.82) is 0 Å². The maximum atomic E-state index is 12.6. The molecule has 5 heteroatoms. The van der Waals surface area contributed by atoms with E-state index in [4.69, 9.17) is 4.42 Å². The maximum absolute atomic E-state index is 12.6. The molecule has 0 bridgehead atoms. The molecule has 0 aliphatic rings. The van der Waals surface area contributed by atoms with Gasteiger partial charge in [0.1, 0.15) is 0 Å². The molecule has 112 valence electrons. The molecule has 2 nitrogen and oxygen atoms in total. The van der Waals surface area contributed by atoms with Gasteiger partial charge in [-0.2, -0.15) is 13.2 Å². The Morgan fingerprint density at radius 1 is 0.864 bits per heavy atom. The molecule has 0 radical (unpaired) electrons. The first-order valence-corrected chi connectivity index (χ1v) is 6.65. The van der Waals surface area contributed by atoms with Crippen LogP contribution >= 0.6 is 0 Å². The Bertz CT molecular complexity index is 774. The molecule has 0 amide bonds. The second-order valence-corrected chi connectivity index (χ2v) is 4.87. The number of hydrogen-bond donors (Lipinski definition) is 0. The molecule has 3 aromatic rings. The highest BCUT2D eigenvalue weighted by atomic mass is 19.4. The van der Waals surface area contributed by atoms with Gasteiger partial charge in [-0.3, -0.25) is 0 Å². The van der Waals surface area contributed by atoms with Crippen molar-refractivity contribution in [2.45, 2.75) is 13.1 Å². The zero-order chi connectivity index (χ0) is 15.7. The molecule has 0 saturated carbocycles. The highest BCUT2D eigenvalue weighted by Crippen LogP contribution is 2.32. The summed E-state index contributed by atoms with van der Waals surface area (Å²) >= 11 is 0. The van der Waals surface area contributed by atoms with Gasteiger partial charge < -0.3 is 4.42 Å². The number of nitrogens with zero attached hydrogens (tertiary/aromatic N) is 1. The van der Waals surface area contributed by atoms with Crippen LogP contribution in [0.3, 0.4) is 0 Å². The molecule has 0 aliphatic carbocycles. The third kappa shape index (κ3) is 2.74. The number of alkyl halides is 3. The molecular weight excluding hydrogens is 291 g/mol. The highest BCUT2D eigenvalue weighted by Gasteiger charge is 2.30. The molecular formula is C17H12F3NO. The lowest BCUT2D eigenvalue weighted by atomic mass is 10.1. The Labute approximate surface area is 125 Å². The quantitative estimate of drug-likeness (QED) is 0.639. The molecule has 1 heterocycles. The smallest absolute Gasteiger partial charge is 0.416 e. The normalized spacial score (nSPS) is 11.6. The van der Waals surface area contributed by atoms with Gasteiger partial charge in [0.05, 0.1) is 11.3 Å². The van der Waals surface area contributed by atoms with Crippen LogP contribution in [-0.2, 0) is 6.18 Å². The van der Waals surface area contributed by atoms with Gasteiger partial charge in [-0.05, 0) is 31.2 Å². The molecule has 0 aliphatic heterocycles. The van der Waals surface area contributed by atoms with E-state index in [2.05, 4.69) is 4.98 Å². The van der Waals surface area contributed by atoms with Gasteiger partial charge in [0.2, 0.25) is 5.89 Å². The molecule has 1 aromatic heterocycles. The van der Waals surface area contributed by atoms with E-state index in [9.17, 15) is 13.2 Å². The van der Waals surface area contributed by atoms with Gasteiger partial charge in [0.15, 0.2) is 5.76 Å². The molecule has 22 heavy (non-hydrogen) atoms. The summed E-state index contributed by atoms with van der Waals surface area (Å²) in [6.07, 6.45) is -4.35. The summed E-state index contributed by atoms with van der Waals surface area (Å²) in [6.45, 7) is 1.80. The summed E-state index contributed by atoms with van der Waals surface area (Å²) in [5.41, 5.74) is 1.40. The van der Waals surface area contributed by atoms with Gasteiger partial charge in [0.25, 0.3) is 0 Å². The molecule has 0 fully saturated rings. The van der Waals surface area contributed by atoms with Crippen molar-refractivity contribution in [2.75, 3.05) is 0 Å². The van der Waals surface area contributed by atoms with Crippen LogP contribution in [0.5, 0.6) is 0 Å². The van der Waals surface area contributed by atoms with Crippen LogP contribution in [0.25, 0.3) is 22.8 Å². The summed E-state index contributed by atoms with van der Waals surface area (Å²) in [5.74, 6) is 0.931. The van der Waals surface area contributed by atoms with Crippen LogP contribution in [0.4, 0.5) is 13.2 Å². The average Bonchev–Trinajstić information content (AvgIpc) is 2.89. The van der Waals surface area contributed by atoms with Crippen molar-refractivity contribution in [3.63, 3.8) is 0 Å². The highest BCUT2D eigenvalue weighted by molar-refractivity contribution is 5.64. The Balaban J connectivity index is 1.97. The minimum atomic E-state index is -4.35. The fourth-order valence-corrected chi connectivity index (χ4v) is 2.18. The first kappa shape index (κ1) is 14.4. The van der Waals surface area contributed by atoms with Crippen molar-refractivity contribution in [1.82, 2.24) is 4.98 Å². The Kier molecular flexibility index (Phi) is 3.48. The van der Waals surface area contributed by atoms with Crippen molar-refractivity contribution in [3.8, 4) is 22.8 Å². The first-order valence-electron chi connectivity index (χ1n) is 6.65. The summed E-state index contributed by atoms with van der Waals surface area (Å²) < 4.78 is 43.4. The molecule has 0 saturated heterocycles. The number of hydrogen-bond acceptors (Lipinski definition) is 2. The van der Waals surface area contributed by atoms with E-state index in [-0.39, 0.29) is 0 Å². The fraction of sp³-hybridized carbons (Fsp3) is 0.118. The number of halogens is 3. The Hall–Kier alpha value is -2.56. The molecule has 2 aromatic carbocycles. The van der Waals surface area contributed by atoms with E-state index in [1.807, 2.05) is 30.3 Å². The van der Waals surface area contributed by atoms with Crippen LogP contribution in [0.1, 0.15) is 11.3 Å². The molecule has 0 atom stereocenters. The van der Waals surface area contributed by atoms with E-state index >= 15 is 0 Å². The molecule has 0 spiro atoms. The van der Waals surface area contributed by atoms with Crippen molar-refractivity contribution < 1.29 is 17.6 Å². The standard InChI is InChI=1S/C17H12F3NO/c1-11-15(12-5-3-2-4-6-12)22-16(21-11)13-7-9-14(10-8-13)17(18,19)20/h2-10H,1H3. The summed E-state index contributed by atoms with van der Waals surface area (Å²) in [5, 5.41) is 0. The Morgan fingerprint density at radius 2 is 1.50 bits per heavy atom. The van der Waals surface area contributed by atoms with Crippen molar-refractivity contribution >= 4 is 0 Å². The zero-order valence-electron chi connectivity index (χ0n) is 11.7. The predicted molar refractivity (Wildman–Crippen MR) is 77.1 cm³/mol. The van der Waals surface area contributed by atoms with E-state index < -0.39 is 11.7 Å². The van der Waals surface area contributed by atoms with Crippen LogP contribution < -0.4 is 0 Å². The second-order valence-electron chi connectivity index (χ2n) is 4.87. The van der Waals surface area contributed by atoms with Gasteiger partial charge in [-0.1, -0.05) is 30.3 Å². The second kappa shape index (κ2) is 5.33.